The monoisotopic (exact) mass is 891 g/mol. The van der Waals surface area contributed by atoms with Gasteiger partial charge in [-0.15, -0.1) is 0 Å². The number of carbonyl (C=O) groups excluding carboxylic acids is 3. The topological polar surface area (TPSA) is 78.9 Å². The van der Waals surface area contributed by atoms with Crippen LogP contribution >= 0.6 is 0 Å². The summed E-state index contributed by atoms with van der Waals surface area (Å²) in [5, 5.41) is 0. The average Bonchev–Trinajstić information content (AvgIpc) is 3.29. The van der Waals surface area contributed by atoms with Crippen LogP contribution in [0, 0.1) is 0 Å². The van der Waals surface area contributed by atoms with E-state index < -0.39 is 6.10 Å². The Balaban J connectivity index is 4.50. The van der Waals surface area contributed by atoms with Crippen molar-refractivity contribution in [2.45, 2.75) is 252 Å². The van der Waals surface area contributed by atoms with Crippen LogP contribution in [0.3, 0.4) is 0 Å². The molecule has 0 N–H and O–H groups in total. The molecule has 0 aromatic rings. The van der Waals surface area contributed by atoms with Gasteiger partial charge in [0.25, 0.3) is 0 Å². The number of esters is 3. The highest BCUT2D eigenvalue weighted by atomic mass is 16.6. The number of hydrogen-bond acceptors (Lipinski definition) is 6. The Labute approximate surface area is 395 Å². The number of rotatable bonds is 47. The van der Waals surface area contributed by atoms with E-state index in [1.54, 1.807) is 0 Å². The average molecular weight is 891 g/mol. The lowest BCUT2D eigenvalue weighted by Gasteiger charge is -2.18. The van der Waals surface area contributed by atoms with Crippen molar-refractivity contribution in [1.29, 1.82) is 0 Å². The van der Waals surface area contributed by atoms with E-state index in [2.05, 4.69) is 99.8 Å². The second-order valence-corrected chi connectivity index (χ2v) is 17.4. The van der Waals surface area contributed by atoms with Crippen molar-refractivity contribution in [2.24, 2.45) is 0 Å². The first-order valence-electron chi connectivity index (χ1n) is 26.6. The van der Waals surface area contributed by atoms with Crippen molar-refractivity contribution >= 4 is 17.9 Å². The number of carbonyl (C=O) groups is 3. The number of ether oxygens (including phenoxy) is 3. The summed E-state index contributed by atoms with van der Waals surface area (Å²) in [6.07, 6.45) is 67.2. The van der Waals surface area contributed by atoms with Crippen LogP contribution in [0.2, 0.25) is 0 Å². The minimum Gasteiger partial charge on any atom is -0.462 e. The summed E-state index contributed by atoms with van der Waals surface area (Å²) in [6.45, 7) is 6.43. The van der Waals surface area contributed by atoms with E-state index in [1.165, 1.54) is 128 Å². The molecule has 0 fully saturated rings. The van der Waals surface area contributed by atoms with Crippen molar-refractivity contribution < 1.29 is 28.6 Å². The van der Waals surface area contributed by atoms with Gasteiger partial charge in [0.15, 0.2) is 6.10 Å². The third-order valence-corrected chi connectivity index (χ3v) is 11.1. The summed E-state index contributed by atoms with van der Waals surface area (Å²) in [5.74, 6) is -0.998. The maximum atomic E-state index is 12.8. The molecule has 0 radical (unpaired) electrons. The zero-order chi connectivity index (χ0) is 46.5. The summed E-state index contributed by atoms with van der Waals surface area (Å²) in [5.41, 5.74) is 0. The fourth-order valence-corrected chi connectivity index (χ4v) is 7.13. The van der Waals surface area contributed by atoms with E-state index >= 15 is 0 Å². The third kappa shape index (κ3) is 49.6. The maximum Gasteiger partial charge on any atom is 0.306 e. The van der Waals surface area contributed by atoms with E-state index in [9.17, 15) is 14.4 Å². The maximum absolute atomic E-state index is 12.8. The van der Waals surface area contributed by atoms with E-state index in [0.29, 0.717) is 19.3 Å². The molecular formula is C58H98O6. The highest BCUT2D eigenvalue weighted by Gasteiger charge is 2.19. The molecule has 6 nitrogen and oxygen atoms in total. The zero-order valence-electron chi connectivity index (χ0n) is 41.8. The van der Waals surface area contributed by atoms with Gasteiger partial charge in [0.1, 0.15) is 13.2 Å². The van der Waals surface area contributed by atoms with Gasteiger partial charge in [-0.3, -0.25) is 14.4 Å². The van der Waals surface area contributed by atoms with Gasteiger partial charge < -0.3 is 14.2 Å². The van der Waals surface area contributed by atoms with E-state index in [0.717, 1.165) is 70.6 Å². The van der Waals surface area contributed by atoms with Crippen molar-refractivity contribution in [3.05, 3.63) is 85.1 Å². The summed E-state index contributed by atoms with van der Waals surface area (Å²) < 4.78 is 16.7. The first-order valence-corrected chi connectivity index (χ1v) is 26.6. The number of allylic oxidation sites excluding steroid dienone is 14. The van der Waals surface area contributed by atoms with Gasteiger partial charge in [-0.25, -0.2) is 0 Å². The SMILES string of the molecule is CC/C=C\C/C=C\C/C=C\C/C=C\C/C=C\CCC(=O)OCC(COC(=O)CCCCCCCCC/C=C\CCCCCC)OC(=O)CCCCCCCCC/C=C\CCCCCC. The molecule has 64 heavy (non-hydrogen) atoms. The van der Waals surface area contributed by atoms with Crippen molar-refractivity contribution in [3.63, 3.8) is 0 Å². The third-order valence-electron chi connectivity index (χ3n) is 11.1. The van der Waals surface area contributed by atoms with Crippen LogP contribution in [-0.4, -0.2) is 37.2 Å². The predicted molar refractivity (Wildman–Crippen MR) is 274 cm³/mol. The molecule has 0 rings (SSSR count). The molecule has 0 aromatic carbocycles. The molecule has 1 unspecified atom stereocenters. The molecule has 0 spiro atoms. The van der Waals surface area contributed by atoms with Gasteiger partial charge in [-0.2, -0.15) is 0 Å². The summed E-state index contributed by atoms with van der Waals surface area (Å²) in [7, 11) is 0. The number of unbranched alkanes of at least 4 members (excludes halogenated alkanes) is 22. The van der Waals surface area contributed by atoms with Crippen LogP contribution in [0.25, 0.3) is 0 Å². The zero-order valence-corrected chi connectivity index (χ0v) is 41.8. The Hall–Kier alpha value is -3.41. The standard InChI is InChI=1S/C58H98O6/c1-4-7-10-13-16-19-22-25-28-31-33-36-39-42-45-48-51-57(60)63-54-55(64-58(61)52-49-46-43-40-37-34-30-27-24-21-18-15-12-9-6-3)53-62-56(59)50-47-44-41-38-35-32-29-26-23-20-17-14-11-8-5-2/h7,10,16,19-21,23-25,28,33,36,42,45,55H,4-6,8-9,11-15,17-18,22,26-27,29-32,34-35,37-41,43-44,46-54H2,1-3H3/b10-7-,19-16-,23-20-,24-21-,28-25-,36-33-,45-42-. The first-order chi connectivity index (χ1) is 31.5. The van der Waals surface area contributed by atoms with Crippen LogP contribution in [0.1, 0.15) is 245 Å². The van der Waals surface area contributed by atoms with E-state index in [1.807, 2.05) is 6.08 Å². The van der Waals surface area contributed by atoms with Crippen LogP contribution in [0.15, 0.2) is 85.1 Å². The van der Waals surface area contributed by atoms with Gasteiger partial charge in [-0.1, -0.05) is 209 Å². The normalized spacial score (nSPS) is 12.7. The molecule has 1 atom stereocenters. The first kappa shape index (κ1) is 60.6. The lowest BCUT2D eigenvalue weighted by Crippen LogP contribution is -2.30. The van der Waals surface area contributed by atoms with Crippen LogP contribution in [0.5, 0.6) is 0 Å². The summed E-state index contributed by atoms with van der Waals surface area (Å²) in [6, 6.07) is 0. The van der Waals surface area contributed by atoms with Crippen LogP contribution in [0.4, 0.5) is 0 Å². The lowest BCUT2D eigenvalue weighted by molar-refractivity contribution is -0.166. The molecule has 0 saturated carbocycles. The second kappa shape index (κ2) is 52.2. The molecule has 0 saturated heterocycles. The fourth-order valence-electron chi connectivity index (χ4n) is 7.13. The van der Waals surface area contributed by atoms with Gasteiger partial charge in [0.05, 0.1) is 0 Å². The predicted octanol–water partition coefficient (Wildman–Crippen LogP) is 17.6. The van der Waals surface area contributed by atoms with E-state index in [4.69, 9.17) is 14.2 Å². The summed E-state index contributed by atoms with van der Waals surface area (Å²) >= 11 is 0. The van der Waals surface area contributed by atoms with Crippen molar-refractivity contribution in [1.82, 2.24) is 0 Å². The fraction of sp³-hybridized carbons (Fsp3) is 0.707. The molecule has 0 aliphatic carbocycles. The molecule has 0 bridgehead atoms. The van der Waals surface area contributed by atoms with Gasteiger partial charge in [-0.05, 0) is 103 Å². The molecule has 0 amide bonds. The Morgan fingerprint density at radius 1 is 0.328 bits per heavy atom. The molecule has 366 valence electrons. The number of hydrogen-bond donors (Lipinski definition) is 0. The second-order valence-electron chi connectivity index (χ2n) is 17.4. The molecule has 0 aliphatic heterocycles. The largest absolute Gasteiger partial charge is 0.462 e. The molecule has 0 aliphatic rings. The van der Waals surface area contributed by atoms with Gasteiger partial charge in [0, 0.05) is 19.3 Å². The quantitative estimate of drug-likeness (QED) is 0.0262. The lowest BCUT2D eigenvalue weighted by atomic mass is 10.1. The van der Waals surface area contributed by atoms with Crippen molar-refractivity contribution in [3.8, 4) is 0 Å². The summed E-state index contributed by atoms with van der Waals surface area (Å²) in [4.78, 5) is 38.0. The van der Waals surface area contributed by atoms with Gasteiger partial charge in [0.2, 0.25) is 0 Å². The Morgan fingerprint density at radius 3 is 1.05 bits per heavy atom. The van der Waals surface area contributed by atoms with Crippen molar-refractivity contribution in [2.75, 3.05) is 13.2 Å². The minimum atomic E-state index is -0.810. The van der Waals surface area contributed by atoms with Crippen LogP contribution in [-0.2, 0) is 28.6 Å². The Bertz CT molecular complexity index is 1250. The minimum absolute atomic E-state index is 0.103. The molecular weight excluding hydrogens is 793 g/mol. The highest BCUT2D eigenvalue weighted by Crippen LogP contribution is 2.14. The van der Waals surface area contributed by atoms with Crippen LogP contribution < -0.4 is 0 Å². The highest BCUT2D eigenvalue weighted by molar-refractivity contribution is 5.71. The molecule has 6 heteroatoms. The van der Waals surface area contributed by atoms with Gasteiger partial charge >= 0.3 is 17.9 Å². The smallest absolute Gasteiger partial charge is 0.306 e. The Morgan fingerprint density at radius 2 is 0.641 bits per heavy atom. The van der Waals surface area contributed by atoms with E-state index in [-0.39, 0.29) is 37.5 Å². The molecule has 0 heterocycles. The molecule has 0 aromatic heterocycles. The Kier molecular flexibility index (Phi) is 49.4.